The second-order valence-electron chi connectivity index (χ2n) is 4.45. The van der Waals surface area contributed by atoms with Crippen molar-refractivity contribution < 1.29 is 8.42 Å². The highest BCUT2D eigenvalue weighted by Crippen LogP contribution is 2.31. The van der Waals surface area contributed by atoms with Crippen LogP contribution in [0.4, 0.5) is 0 Å². The zero-order valence-electron chi connectivity index (χ0n) is 10.7. The molecule has 0 amide bonds. The van der Waals surface area contributed by atoms with Crippen LogP contribution in [0.5, 0.6) is 0 Å². The SMILES string of the molecule is [C-]#[N+]C(=C1CCSCC1)S(=O)(=O)c1ccc(C)cc1. The topological polar surface area (TPSA) is 38.5 Å². The third-order valence-corrected chi connectivity index (χ3v) is 5.85. The van der Waals surface area contributed by atoms with Crippen molar-refractivity contribution in [1.82, 2.24) is 0 Å². The number of thioether (sulfide) groups is 1. The summed E-state index contributed by atoms with van der Waals surface area (Å²) < 4.78 is 25.0. The number of allylic oxidation sites excluding steroid dienone is 1. The molecular formula is C14H15NO2S2. The Morgan fingerprint density at radius 1 is 1.21 bits per heavy atom. The molecule has 5 heteroatoms. The van der Waals surface area contributed by atoms with Crippen LogP contribution >= 0.6 is 11.8 Å². The Morgan fingerprint density at radius 2 is 1.79 bits per heavy atom. The first kappa shape index (κ1) is 14.2. The largest absolute Gasteiger partial charge is 0.282 e. The van der Waals surface area contributed by atoms with Gasteiger partial charge in [0, 0.05) is 0 Å². The summed E-state index contributed by atoms with van der Waals surface area (Å²) >= 11 is 1.80. The Morgan fingerprint density at radius 3 is 2.32 bits per heavy atom. The highest BCUT2D eigenvalue weighted by molar-refractivity contribution is 7.99. The van der Waals surface area contributed by atoms with Crippen molar-refractivity contribution in [1.29, 1.82) is 0 Å². The van der Waals surface area contributed by atoms with E-state index in [4.69, 9.17) is 6.57 Å². The Labute approximate surface area is 118 Å². The predicted molar refractivity (Wildman–Crippen MR) is 78.6 cm³/mol. The Balaban J connectivity index is 2.48. The summed E-state index contributed by atoms with van der Waals surface area (Å²) in [6.07, 6.45) is 1.40. The standard InChI is InChI=1S/C14H15NO2S2/c1-11-3-5-13(6-4-11)19(16,17)14(15-2)12-7-9-18-10-8-12/h3-6H,7-10H2,1H3. The summed E-state index contributed by atoms with van der Waals surface area (Å²) in [5.74, 6) is 1.80. The second kappa shape index (κ2) is 5.81. The second-order valence-corrected chi connectivity index (χ2v) is 7.54. The summed E-state index contributed by atoms with van der Waals surface area (Å²) in [6.45, 7) is 9.13. The van der Waals surface area contributed by atoms with Crippen LogP contribution in [0.25, 0.3) is 4.85 Å². The van der Waals surface area contributed by atoms with Crippen LogP contribution in [0.15, 0.2) is 39.8 Å². The van der Waals surface area contributed by atoms with E-state index in [1.165, 1.54) is 0 Å². The van der Waals surface area contributed by atoms with Gasteiger partial charge in [-0.2, -0.15) is 11.8 Å². The summed E-state index contributed by atoms with van der Waals surface area (Å²) in [7, 11) is -3.65. The van der Waals surface area contributed by atoms with Gasteiger partial charge < -0.3 is 0 Å². The minimum atomic E-state index is -3.65. The molecule has 0 atom stereocenters. The van der Waals surface area contributed by atoms with Crippen molar-refractivity contribution in [2.75, 3.05) is 11.5 Å². The number of hydrogen-bond donors (Lipinski definition) is 0. The number of nitrogens with zero attached hydrogens (tertiary/aromatic N) is 1. The molecule has 0 aromatic heterocycles. The Kier molecular flexibility index (Phi) is 4.33. The third kappa shape index (κ3) is 3.02. The Hall–Kier alpha value is -1.25. The van der Waals surface area contributed by atoms with Crippen LogP contribution in [-0.4, -0.2) is 19.9 Å². The number of sulfone groups is 1. The summed E-state index contributed by atoms with van der Waals surface area (Å²) in [4.78, 5) is 3.53. The van der Waals surface area contributed by atoms with Crippen LogP contribution in [0.3, 0.4) is 0 Å². The molecule has 1 aliphatic rings. The first-order valence-corrected chi connectivity index (χ1v) is 8.68. The van der Waals surface area contributed by atoms with Crippen LogP contribution < -0.4 is 0 Å². The highest BCUT2D eigenvalue weighted by Gasteiger charge is 2.26. The molecule has 19 heavy (non-hydrogen) atoms. The molecule has 1 aliphatic heterocycles. The van der Waals surface area contributed by atoms with E-state index in [0.717, 1.165) is 22.6 Å². The van der Waals surface area contributed by atoms with E-state index in [2.05, 4.69) is 4.85 Å². The van der Waals surface area contributed by atoms with Gasteiger partial charge in [-0.05, 0) is 43.4 Å². The van der Waals surface area contributed by atoms with Crippen molar-refractivity contribution in [3.63, 3.8) is 0 Å². The first-order valence-electron chi connectivity index (χ1n) is 6.04. The van der Waals surface area contributed by atoms with Crippen molar-refractivity contribution in [3.8, 4) is 0 Å². The van der Waals surface area contributed by atoms with Gasteiger partial charge in [0.25, 0.3) is 5.03 Å². The van der Waals surface area contributed by atoms with E-state index in [9.17, 15) is 8.42 Å². The normalized spacial score (nSPS) is 15.9. The molecular weight excluding hydrogens is 278 g/mol. The molecule has 0 unspecified atom stereocenters. The van der Waals surface area contributed by atoms with Gasteiger partial charge in [-0.3, -0.25) is 0 Å². The fourth-order valence-corrected chi connectivity index (χ4v) is 4.40. The molecule has 1 aromatic rings. The minimum absolute atomic E-state index is 0.0587. The molecule has 0 spiro atoms. The predicted octanol–water partition coefficient (Wildman–Crippen LogP) is 3.43. The lowest BCUT2D eigenvalue weighted by molar-refractivity contribution is 0.602. The maximum Gasteiger partial charge on any atom is 0.282 e. The molecule has 0 aliphatic carbocycles. The van der Waals surface area contributed by atoms with Gasteiger partial charge in [0.05, 0.1) is 11.5 Å². The molecule has 1 aromatic carbocycles. The molecule has 2 rings (SSSR count). The number of benzene rings is 1. The van der Waals surface area contributed by atoms with Crippen LogP contribution in [-0.2, 0) is 9.84 Å². The van der Waals surface area contributed by atoms with E-state index < -0.39 is 9.84 Å². The van der Waals surface area contributed by atoms with Gasteiger partial charge in [-0.25, -0.2) is 13.3 Å². The third-order valence-electron chi connectivity index (χ3n) is 3.09. The summed E-state index contributed by atoms with van der Waals surface area (Å²) in [5, 5.41) is -0.0587. The van der Waals surface area contributed by atoms with Gasteiger partial charge in [0.2, 0.25) is 9.84 Å². The average Bonchev–Trinajstić information content (AvgIpc) is 2.41. The number of rotatable bonds is 2. The fourth-order valence-electron chi connectivity index (χ4n) is 1.99. The van der Waals surface area contributed by atoms with Crippen LogP contribution in [0.2, 0.25) is 0 Å². The van der Waals surface area contributed by atoms with E-state index in [-0.39, 0.29) is 9.92 Å². The van der Waals surface area contributed by atoms with Gasteiger partial charge in [0.1, 0.15) is 0 Å². The van der Waals surface area contributed by atoms with Gasteiger partial charge in [-0.15, -0.1) is 0 Å². The highest BCUT2D eigenvalue weighted by atomic mass is 32.2. The summed E-state index contributed by atoms with van der Waals surface area (Å²) in [5.41, 5.74) is 1.79. The molecule has 0 saturated carbocycles. The van der Waals surface area contributed by atoms with Crippen molar-refractivity contribution >= 4 is 21.6 Å². The number of aryl methyl sites for hydroxylation is 1. The quantitative estimate of drug-likeness (QED) is 0.784. The lowest BCUT2D eigenvalue weighted by Gasteiger charge is -2.15. The average molecular weight is 293 g/mol. The molecule has 1 fully saturated rings. The molecule has 0 bridgehead atoms. The minimum Gasteiger partial charge on any atom is -0.230 e. The smallest absolute Gasteiger partial charge is 0.230 e. The molecule has 1 saturated heterocycles. The summed E-state index contributed by atoms with van der Waals surface area (Å²) in [6, 6.07) is 6.67. The van der Waals surface area contributed by atoms with Gasteiger partial charge >= 0.3 is 0 Å². The molecule has 3 nitrogen and oxygen atoms in total. The lowest BCUT2D eigenvalue weighted by Crippen LogP contribution is -2.09. The number of hydrogen-bond acceptors (Lipinski definition) is 3. The monoisotopic (exact) mass is 293 g/mol. The van der Waals surface area contributed by atoms with Gasteiger partial charge in [0.15, 0.2) is 0 Å². The maximum atomic E-state index is 12.5. The molecule has 0 radical (unpaired) electrons. The van der Waals surface area contributed by atoms with Crippen LogP contribution in [0.1, 0.15) is 18.4 Å². The fraction of sp³-hybridized carbons (Fsp3) is 0.357. The van der Waals surface area contributed by atoms with E-state index in [1.54, 1.807) is 36.0 Å². The van der Waals surface area contributed by atoms with E-state index in [0.29, 0.717) is 12.8 Å². The zero-order chi connectivity index (χ0) is 13.9. The molecule has 100 valence electrons. The maximum absolute atomic E-state index is 12.5. The van der Waals surface area contributed by atoms with Crippen molar-refractivity contribution in [2.45, 2.75) is 24.7 Å². The van der Waals surface area contributed by atoms with Crippen molar-refractivity contribution in [3.05, 3.63) is 51.8 Å². The van der Waals surface area contributed by atoms with Gasteiger partial charge in [-0.1, -0.05) is 23.3 Å². The molecule has 0 N–H and O–H groups in total. The molecule has 1 heterocycles. The van der Waals surface area contributed by atoms with Crippen molar-refractivity contribution in [2.24, 2.45) is 0 Å². The van der Waals surface area contributed by atoms with Crippen LogP contribution in [0, 0.1) is 13.5 Å². The van der Waals surface area contributed by atoms with E-state index >= 15 is 0 Å². The first-order chi connectivity index (χ1) is 9.05. The van der Waals surface area contributed by atoms with E-state index in [1.807, 2.05) is 6.92 Å². The Bertz CT molecular complexity index is 629. The lowest BCUT2D eigenvalue weighted by atomic mass is 10.1. The zero-order valence-corrected chi connectivity index (χ0v) is 12.4.